The van der Waals surface area contributed by atoms with Gasteiger partial charge in [-0.05, 0) is 12.8 Å². The van der Waals surface area contributed by atoms with Gasteiger partial charge < -0.3 is 30.0 Å². The van der Waals surface area contributed by atoms with E-state index in [1.54, 1.807) is 0 Å². The van der Waals surface area contributed by atoms with Crippen molar-refractivity contribution in [1.29, 1.82) is 0 Å². The maximum absolute atomic E-state index is 10.9. The van der Waals surface area contributed by atoms with Crippen molar-refractivity contribution in [1.82, 2.24) is 0 Å². The molecule has 0 heterocycles. The van der Waals surface area contributed by atoms with Crippen molar-refractivity contribution in [3.63, 3.8) is 0 Å². The number of hydrogen-bond acceptors (Lipinski definition) is 6. The molecule has 0 radical (unpaired) electrons. The van der Waals surface area contributed by atoms with Gasteiger partial charge in [0.05, 0.1) is 0 Å². The number of unbranched alkanes of at least 4 members (excludes halogenated alkanes) is 8. The summed E-state index contributed by atoms with van der Waals surface area (Å²) in [5.74, 6) is 0. The fraction of sp³-hybridized carbons (Fsp3) is 0.846. The van der Waals surface area contributed by atoms with Crippen LogP contribution in [0.4, 0.5) is 0 Å². The predicted molar refractivity (Wildman–Crippen MR) is 108 cm³/mol. The SMILES string of the molecule is O=P(O)(O)/C(CCCCCCCCCCC/C(=N\O)P(=O)(O)O)=N\O.[NaH].[NaH]. The molecular weight excluding hydrogens is 420 g/mol. The van der Waals surface area contributed by atoms with E-state index in [-0.39, 0.29) is 72.0 Å². The first-order valence-electron chi connectivity index (χ1n) is 8.17. The standard InChI is InChI=1S/C13H28N2O8P2.2Na.2H/c16-14-12(24(18,19)20)10-8-6-4-2-1-3-5-7-9-11-13(15-17)25(21,22)23;;;;/h16-17H,1-11H2,(H2,18,19,20)(H2,21,22,23);;;;/b14-12-,15-13+;;;;. The summed E-state index contributed by atoms with van der Waals surface area (Å²) in [5, 5.41) is 22.4. The molecule has 27 heavy (non-hydrogen) atoms. The molecule has 0 atom stereocenters. The van der Waals surface area contributed by atoms with Crippen LogP contribution in [0.1, 0.15) is 70.6 Å². The number of oxime groups is 2. The van der Waals surface area contributed by atoms with E-state index < -0.39 is 26.1 Å². The first kappa shape index (κ1) is 32.9. The van der Waals surface area contributed by atoms with Crippen molar-refractivity contribution >= 4 is 85.2 Å². The summed E-state index contributed by atoms with van der Waals surface area (Å²) >= 11 is 0. The van der Waals surface area contributed by atoms with Gasteiger partial charge in [-0.2, -0.15) is 0 Å². The van der Waals surface area contributed by atoms with E-state index in [2.05, 4.69) is 10.3 Å². The molecule has 152 valence electrons. The fourth-order valence-electron chi connectivity index (χ4n) is 2.31. The van der Waals surface area contributed by atoms with E-state index in [9.17, 15) is 9.13 Å². The molecular formula is C13H30N2Na2O8P2. The summed E-state index contributed by atoms with van der Waals surface area (Å²) in [6.07, 6.45) is 7.63. The van der Waals surface area contributed by atoms with Crippen molar-refractivity contribution in [2.75, 3.05) is 0 Å². The van der Waals surface area contributed by atoms with Gasteiger partial charge in [0.15, 0.2) is 10.9 Å². The molecule has 0 fully saturated rings. The second kappa shape index (κ2) is 18.0. The third-order valence-electron chi connectivity index (χ3n) is 3.70. The van der Waals surface area contributed by atoms with Crippen LogP contribution in [0.15, 0.2) is 10.3 Å². The average Bonchev–Trinajstić information content (AvgIpc) is 2.49. The minimum atomic E-state index is -4.45. The average molecular weight is 450 g/mol. The van der Waals surface area contributed by atoms with Gasteiger partial charge in [-0.3, -0.25) is 9.13 Å². The maximum atomic E-state index is 10.9. The minimum absolute atomic E-state index is 0. The molecule has 0 aliphatic rings. The zero-order valence-electron chi connectivity index (χ0n) is 14.1. The zero-order chi connectivity index (χ0) is 19.3. The van der Waals surface area contributed by atoms with Gasteiger partial charge >= 0.3 is 74.3 Å². The molecule has 0 saturated carbocycles. The molecule has 0 aromatic heterocycles. The van der Waals surface area contributed by atoms with Crippen LogP contribution in [0.5, 0.6) is 0 Å². The molecule has 0 aliphatic heterocycles. The number of nitrogens with zero attached hydrogens (tertiary/aromatic N) is 2. The van der Waals surface area contributed by atoms with Crippen LogP contribution < -0.4 is 0 Å². The Morgan fingerprint density at radius 3 is 0.963 bits per heavy atom. The molecule has 14 heteroatoms. The van der Waals surface area contributed by atoms with Gasteiger partial charge in [-0.15, -0.1) is 0 Å². The predicted octanol–water partition coefficient (Wildman–Crippen LogP) is 1.91. The zero-order valence-corrected chi connectivity index (χ0v) is 15.9. The summed E-state index contributed by atoms with van der Waals surface area (Å²) in [6, 6.07) is 0. The third-order valence-corrected chi connectivity index (χ3v) is 5.68. The Morgan fingerprint density at radius 2 is 0.778 bits per heavy atom. The van der Waals surface area contributed by atoms with Gasteiger partial charge in [0, 0.05) is 12.8 Å². The Kier molecular flexibility index (Phi) is 22.0. The topological polar surface area (TPSA) is 180 Å². The van der Waals surface area contributed by atoms with E-state index in [0.29, 0.717) is 12.8 Å². The Balaban J connectivity index is -0.00000288. The molecule has 0 aromatic rings. The Labute approximate surface area is 203 Å². The first-order valence-corrected chi connectivity index (χ1v) is 11.4. The van der Waals surface area contributed by atoms with Crippen molar-refractivity contribution in [2.45, 2.75) is 70.6 Å². The van der Waals surface area contributed by atoms with Crippen LogP contribution in [0.3, 0.4) is 0 Å². The number of rotatable bonds is 14. The summed E-state index contributed by atoms with van der Waals surface area (Å²) in [6.45, 7) is 0. The van der Waals surface area contributed by atoms with Crippen LogP contribution in [-0.4, -0.2) is 100 Å². The second-order valence-electron chi connectivity index (χ2n) is 5.80. The van der Waals surface area contributed by atoms with Crippen LogP contribution in [-0.2, 0) is 9.13 Å². The fourth-order valence-corrected chi connectivity index (χ4v) is 3.44. The summed E-state index contributed by atoms with van der Waals surface area (Å²) in [7, 11) is -8.89. The molecule has 0 aliphatic carbocycles. The molecule has 0 spiro atoms. The van der Waals surface area contributed by atoms with Gasteiger partial charge in [0.2, 0.25) is 0 Å². The first-order chi connectivity index (χ1) is 11.6. The Morgan fingerprint density at radius 1 is 0.556 bits per heavy atom. The molecule has 0 bridgehead atoms. The van der Waals surface area contributed by atoms with E-state index >= 15 is 0 Å². The van der Waals surface area contributed by atoms with Crippen molar-refractivity contribution in [3.05, 3.63) is 0 Å². The van der Waals surface area contributed by atoms with Crippen LogP contribution in [0.25, 0.3) is 0 Å². The summed E-state index contributed by atoms with van der Waals surface area (Å²) < 4.78 is 21.8. The van der Waals surface area contributed by atoms with E-state index in [0.717, 1.165) is 44.9 Å². The van der Waals surface area contributed by atoms with Crippen LogP contribution in [0.2, 0.25) is 0 Å². The van der Waals surface area contributed by atoms with Crippen molar-refractivity contribution in [3.8, 4) is 0 Å². The Hall–Kier alpha value is 1.24. The van der Waals surface area contributed by atoms with Gasteiger partial charge in [0.25, 0.3) is 0 Å². The molecule has 0 saturated heterocycles. The monoisotopic (exact) mass is 450 g/mol. The van der Waals surface area contributed by atoms with Crippen LogP contribution >= 0.6 is 15.2 Å². The van der Waals surface area contributed by atoms with Gasteiger partial charge in [-0.25, -0.2) is 0 Å². The van der Waals surface area contributed by atoms with Gasteiger partial charge in [0.1, 0.15) is 0 Å². The molecule has 0 unspecified atom stereocenters. The Bertz CT molecular complexity index is 490. The van der Waals surface area contributed by atoms with Crippen LogP contribution in [0, 0.1) is 0 Å². The third kappa shape index (κ3) is 17.8. The van der Waals surface area contributed by atoms with Crippen molar-refractivity contribution < 1.29 is 39.1 Å². The molecule has 0 amide bonds. The summed E-state index contributed by atoms with van der Waals surface area (Å²) in [5.41, 5.74) is -0.956. The normalized spacial score (nSPS) is 13.0. The van der Waals surface area contributed by atoms with E-state index in [1.165, 1.54) is 0 Å². The van der Waals surface area contributed by atoms with Crippen molar-refractivity contribution in [2.24, 2.45) is 10.3 Å². The second-order valence-corrected chi connectivity index (χ2v) is 9.01. The van der Waals surface area contributed by atoms with E-state index in [1.807, 2.05) is 0 Å². The van der Waals surface area contributed by atoms with Gasteiger partial charge in [-0.1, -0.05) is 55.3 Å². The molecule has 0 rings (SSSR count). The molecule has 0 aromatic carbocycles. The quantitative estimate of drug-likeness (QED) is 0.0580. The molecule has 6 N–H and O–H groups in total. The number of hydrogen-bond donors (Lipinski definition) is 6. The van der Waals surface area contributed by atoms with E-state index in [4.69, 9.17) is 30.0 Å². The molecule has 10 nitrogen and oxygen atoms in total. The summed E-state index contributed by atoms with van der Waals surface area (Å²) in [4.78, 5) is 35.5.